The Morgan fingerprint density at radius 1 is 1.23 bits per heavy atom. The Hall–Kier alpha value is -3.21. The van der Waals surface area contributed by atoms with Crippen molar-refractivity contribution in [1.82, 2.24) is 0 Å². The lowest BCUT2D eigenvalue weighted by atomic mass is 9.57. The number of ketones is 2. The maximum absolute atomic E-state index is 13.8. The molecule has 6 N–H and O–H groups in total. The molecule has 0 radical (unpaired) electrons. The maximum Gasteiger partial charge on any atom is 0.230 e. The van der Waals surface area contributed by atoms with Gasteiger partial charge >= 0.3 is 0 Å². The third-order valence-corrected chi connectivity index (χ3v) is 8.54. The van der Waals surface area contributed by atoms with E-state index >= 15 is 0 Å². The minimum absolute atomic E-state index is 0.0224. The molecular formula is C25H26N2O7S. The Balaban J connectivity index is 1.71. The SMILES string of the molecule is CN(C)c1cc(-c2cccs2)c(O)c2c1C[C@H]1C[C@H]3CC(O)C(C(N)=O)C(=O)[C@@]3(O)C(O)=C1C2=O. The van der Waals surface area contributed by atoms with E-state index in [0.717, 1.165) is 10.6 Å². The van der Waals surface area contributed by atoms with E-state index in [0.29, 0.717) is 11.1 Å². The molecule has 9 nitrogen and oxygen atoms in total. The van der Waals surface area contributed by atoms with E-state index in [1.54, 1.807) is 0 Å². The monoisotopic (exact) mass is 498 g/mol. The molecule has 1 aromatic heterocycles. The second-order valence-electron chi connectivity index (χ2n) is 9.76. The van der Waals surface area contributed by atoms with Gasteiger partial charge in [0.1, 0.15) is 17.4 Å². The second-order valence-corrected chi connectivity index (χ2v) is 10.7. The topological polar surface area (TPSA) is 161 Å². The van der Waals surface area contributed by atoms with Crippen LogP contribution in [-0.2, 0) is 16.0 Å². The Kier molecular flexibility index (Phi) is 5.31. The van der Waals surface area contributed by atoms with Crippen LogP contribution in [-0.4, -0.2) is 63.7 Å². The summed E-state index contributed by atoms with van der Waals surface area (Å²) < 4.78 is 0. The molecule has 1 amide bonds. The number of anilines is 1. The van der Waals surface area contributed by atoms with Crippen molar-refractivity contribution in [3.05, 3.63) is 46.0 Å². The summed E-state index contributed by atoms with van der Waals surface area (Å²) in [6, 6.07) is 5.48. The number of thiophene rings is 1. The largest absolute Gasteiger partial charge is 0.508 e. The van der Waals surface area contributed by atoms with Crippen molar-refractivity contribution in [2.75, 3.05) is 19.0 Å². The number of fused-ring (bicyclic) bond motifs is 3. The number of Topliss-reactive ketones (excluding diaryl/α,β-unsaturated/α-hetero) is 2. The molecule has 5 atom stereocenters. The number of aliphatic hydroxyl groups is 3. The van der Waals surface area contributed by atoms with Crippen molar-refractivity contribution in [3.8, 4) is 16.2 Å². The fourth-order valence-electron chi connectivity index (χ4n) is 5.99. The van der Waals surface area contributed by atoms with E-state index in [1.165, 1.54) is 11.3 Å². The molecule has 0 aliphatic heterocycles. The summed E-state index contributed by atoms with van der Waals surface area (Å²) in [7, 11) is 3.66. The smallest absolute Gasteiger partial charge is 0.230 e. The zero-order chi connectivity index (χ0) is 25.4. The highest BCUT2D eigenvalue weighted by atomic mass is 32.1. The summed E-state index contributed by atoms with van der Waals surface area (Å²) in [5, 5.41) is 46.0. The summed E-state index contributed by atoms with van der Waals surface area (Å²) in [5.74, 6) is -7.07. The van der Waals surface area contributed by atoms with Crippen LogP contribution in [0.2, 0.25) is 0 Å². The number of benzene rings is 1. The number of aliphatic hydroxyl groups excluding tert-OH is 2. The predicted octanol–water partition coefficient (Wildman–Crippen LogP) is 1.54. The fraction of sp³-hybridized carbons (Fsp3) is 0.400. The number of nitrogens with zero attached hydrogens (tertiary/aromatic N) is 1. The van der Waals surface area contributed by atoms with Gasteiger partial charge in [-0.3, -0.25) is 14.4 Å². The lowest BCUT2D eigenvalue weighted by Crippen LogP contribution is -2.63. The van der Waals surface area contributed by atoms with Crippen LogP contribution in [0.4, 0.5) is 5.69 Å². The van der Waals surface area contributed by atoms with Crippen LogP contribution < -0.4 is 10.6 Å². The van der Waals surface area contributed by atoms with Crippen molar-refractivity contribution in [2.45, 2.75) is 31.0 Å². The van der Waals surface area contributed by atoms with Crippen molar-refractivity contribution in [3.63, 3.8) is 0 Å². The Morgan fingerprint density at radius 3 is 2.54 bits per heavy atom. The number of aromatic hydroxyl groups is 1. The molecular weight excluding hydrogens is 472 g/mol. The molecule has 0 saturated heterocycles. The number of phenolic OH excluding ortho intramolecular Hbond substituents is 1. The van der Waals surface area contributed by atoms with Gasteiger partial charge in [-0.2, -0.15) is 0 Å². The number of rotatable bonds is 3. The first-order valence-electron chi connectivity index (χ1n) is 11.3. The molecule has 1 fully saturated rings. The third-order valence-electron chi connectivity index (χ3n) is 7.63. The molecule has 5 rings (SSSR count). The number of carbonyl (C=O) groups is 3. The Labute approximate surface area is 205 Å². The molecule has 0 spiro atoms. The van der Waals surface area contributed by atoms with E-state index in [-0.39, 0.29) is 36.1 Å². The highest BCUT2D eigenvalue weighted by Gasteiger charge is 2.62. The van der Waals surface area contributed by atoms with Gasteiger partial charge in [-0.15, -0.1) is 11.3 Å². The number of allylic oxidation sites excluding steroid dienone is 1. The first kappa shape index (κ1) is 23.5. The maximum atomic E-state index is 13.8. The quantitative estimate of drug-likeness (QED) is 0.398. The van der Waals surface area contributed by atoms with Crippen LogP contribution in [0.5, 0.6) is 5.75 Å². The van der Waals surface area contributed by atoms with Gasteiger partial charge in [-0.05, 0) is 48.3 Å². The van der Waals surface area contributed by atoms with E-state index < -0.39 is 52.7 Å². The van der Waals surface area contributed by atoms with Crippen LogP contribution in [0, 0.1) is 17.8 Å². The summed E-state index contributed by atoms with van der Waals surface area (Å²) in [5.41, 5.74) is 4.48. The van der Waals surface area contributed by atoms with Crippen LogP contribution in [0.25, 0.3) is 10.4 Å². The molecule has 2 aromatic rings. The molecule has 1 saturated carbocycles. The van der Waals surface area contributed by atoms with Gasteiger partial charge in [0.05, 0.1) is 11.7 Å². The molecule has 3 aliphatic rings. The van der Waals surface area contributed by atoms with Gasteiger partial charge in [-0.25, -0.2) is 0 Å². The van der Waals surface area contributed by atoms with Crippen LogP contribution >= 0.6 is 11.3 Å². The Morgan fingerprint density at radius 2 is 1.94 bits per heavy atom. The minimum atomic E-state index is -2.51. The van der Waals surface area contributed by atoms with Crippen LogP contribution in [0.1, 0.15) is 28.8 Å². The van der Waals surface area contributed by atoms with Gasteiger partial charge in [0.15, 0.2) is 17.2 Å². The minimum Gasteiger partial charge on any atom is -0.508 e. The van der Waals surface area contributed by atoms with E-state index in [2.05, 4.69) is 0 Å². The summed E-state index contributed by atoms with van der Waals surface area (Å²) in [6.45, 7) is 0. The third kappa shape index (κ3) is 3.17. The number of hydrogen-bond donors (Lipinski definition) is 5. The van der Waals surface area contributed by atoms with Crippen molar-refractivity contribution >= 4 is 34.5 Å². The lowest BCUT2D eigenvalue weighted by Gasteiger charge is -2.48. The van der Waals surface area contributed by atoms with Crippen molar-refractivity contribution < 1.29 is 34.8 Å². The lowest BCUT2D eigenvalue weighted by molar-refractivity contribution is -0.167. The fourth-order valence-corrected chi connectivity index (χ4v) is 6.74. The number of hydrogen-bond acceptors (Lipinski definition) is 9. The number of amides is 1. The standard InChI is InChI=1S/C25H26N2O7S/c1-27(2)14-9-13(16-4-3-5-35-16)20(29)18-12(14)7-10-6-11-8-15(28)19(24(26)33)23(32)25(11,34)22(31)17(10)21(18)30/h3-5,9-11,15,19,28-29,31,34H,6-8H2,1-2H3,(H2,26,33)/t10-,11+,15?,19?,25+/m1/s1. The molecule has 1 aromatic carbocycles. The average Bonchev–Trinajstić information content (AvgIpc) is 3.30. The summed E-state index contributed by atoms with van der Waals surface area (Å²) in [6.07, 6.45) is -1.10. The first-order valence-corrected chi connectivity index (χ1v) is 12.2. The highest BCUT2D eigenvalue weighted by molar-refractivity contribution is 7.13. The number of carbonyl (C=O) groups excluding carboxylic acids is 3. The molecule has 0 bridgehead atoms. The van der Waals surface area contributed by atoms with Crippen molar-refractivity contribution in [2.24, 2.45) is 23.5 Å². The Bertz CT molecular complexity index is 1300. The molecule has 1 heterocycles. The zero-order valence-electron chi connectivity index (χ0n) is 19.2. The van der Waals surface area contributed by atoms with Crippen LogP contribution in [0.15, 0.2) is 34.9 Å². The average molecular weight is 499 g/mol. The summed E-state index contributed by atoms with van der Waals surface area (Å²) >= 11 is 1.40. The predicted molar refractivity (Wildman–Crippen MR) is 128 cm³/mol. The molecule has 184 valence electrons. The number of phenols is 1. The van der Waals surface area contributed by atoms with Gasteiger partial charge in [0.2, 0.25) is 5.91 Å². The highest BCUT2D eigenvalue weighted by Crippen LogP contribution is 2.53. The number of primary amides is 1. The molecule has 10 heteroatoms. The molecule has 35 heavy (non-hydrogen) atoms. The van der Waals surface area contributed by atoms with E-state index in [4.69, 9.17) is 5.73 Å². The van der Waals surface area contributed by atoms with E-state index in [1.807, 2.05) is 42.6 Å². The van der Waals surface area contributed by atoms with E-state index in [9.17, 15) is 34.8 Å². The van der Waals surface area contributed by atoms with Gasteiger partial charge in [-0.1, -0.05) is 6.07 Å². The first-order chi connectivity index (χ1) is 16.5. The van der Waals surface area contributed by atoms with Gasteiger partial charge in [0, 0.05) is 41.7 Å². The molecule has 2 unspecified atom stereocenters. The number of nitrogens with two attached hydrogens (primary N) is 1. The normalized spacial score (nSPS) is 29.9. The van der Waals surface area contributed by atoms with Gasteiger partial charge in [0.25, 0.3) is 0 Å². The van der Waals surface area contributed by atoms with Gasteiger partial charge < -0.3 is 31.1 Å². The van der Waals surface area contributed by atoms with Crippen LogP contribution in [0.3, 0.4) is 0 Å². The second kappa shape index (κ2) is 7.91. The summed E-state index contributed by atoms with van der Waals surface area (Å²) in [4.78, 5) is 41.4. The molecule has 3 aliphatic carbocycles. The van der Waals surface area contributed by atoms with Crippen molar-refractivity contribution in [1.29, 1.82) is 0 Å². The zero-order valence-corrected chi connectivity index (χ0v) is 20.0.